The molecule has 0 fully saturated rings. The summed E-state index contributed by atoms with van der Waals surface area (Å²) < 4.78 is 26.8. The molecule has 2 atom stereocenters. The van der Waals surface area contributed by atoms with E-state index >= 15 is 0 Å². The SMILES string of the molecule is C=CCCN(CC(O)COC(N)=O)S(=O)[O-]. The number of carbonyl (C=O) groups excluding carboxylic acids is 1. The monoisotopic (exact) mass is 251 g/mol. The summed E-state index contributed by atoms with van der Waals surface area (Å²) in [6.45, 7) is 3.18. The molecule has 0 heterocycles. The Morgan fingerprint density at radius 3 is 2.81 bits per heavy atom. The Morgan fingerprint density at radius 1 is 1.75 bits per heavy atom. The fourth-order valence-corrected chi connectivity index (χ4v) is 1.48. The number of aliphatic hydroxyl groups excluding tert-OH is 1. The highest BCUT2D eigenvalue weighted by Crippen LogP contribution is 1.99. The van der Waals surface area contributed by atoms with Crippen LogP contribution >= 0.6 is 0 Å². The summed E-state index contributed by atoms with van der Waals surface area (Å²) in [5, 5.41) is 9.34. The summed E-state index contributed by atoms with van der Waals surface area (Å²) in [5.41, 5.74) is 4.69. The molecular weight excluding hydrogens is 236 g/mol. The first-order valence-electron chi connectivity index (χ1n) is 4.53. The normalized spacial score (nSPS) is 14.4. The molecule has 0 aliphatic heterocycles. The molecule has 7 nitrogen and oxygen atoms in total. The second kappa shape index (κ2) is 8.22. The Balaban J connectivity index is 4.01. The van der Waals surface area contributed by atoms with Gasteiger partial charge in [0.25, 0.3) is 0 Å². The van der Waals surface area contributed by atoms with Crippen LogP contribution in [0.1, 0.15) is 6.42 Å². The minimum absolute atomic E-state index is 0.156. The number of nitrogens with two attached hydrogens (primary N) is 1. The molecule has 0 aromatic rings. The third-order valence-electron chi connectivity index (χ3n) is 1.63. The predicted octanol–water partition coefficient (Wildman–Crippen LogP) is -0.885. The van der Waals surface area contributed by atoms with Crippen molar-refractivity contribution in [3.8, 4) is 0 Å². The van der Waals surface area contributed by atoms with Crippen molar-refractivity contribution in [3.63, 3.8) is 0 Å². The molecule has 0 radical (unpaired) electrons. The van der Waals surface area contributed by atoms with Gasteiger partial charge in [-0.05, 0) is 6.42 Å². The van der Waals surface area contributed by atoms with Gasteiger partial charge < -0.3 is 20.1 Å². The van der Waals surface area contributed by atoms with Crippen molar-refractivity contribution in [1.82, 2.24) is 4.31 Å². The highest BCUT2D eigenvalue weighted by atomic mass is 32.2. The van der Waals surface area contributed by atoms with Crippen LogP contribution in [0, 0.1) is 0 Å². The zero-order valence-electron chi connectivity index (χ0n) is 8.70. The van der Waals surface area contributed by atoms with Gasteiger partial charge in [0.05, 0.1) is 0 Å². The summed E-state index contributed by atoms with van der Waals surface area (Å²) in [7, 11) is 0. The van der Waals surface area contributed by atoms with Crippen LogP contribution in [0.4, 0.5) is 4.79 Å². The van der Waals surface area contributed by atoms with E-state index in [9.17, 15) is 18.7 Å². The summed E-state index contributed by atoms with van der Waals surface area (Å²) >= 11 is -2.44. The van der Waals surface area contributed by atoms with Gasteiger partial charge in [0.15, 0.2) is 0 Å². The number of aliphatic hydroxyl groups is 1. The molecule has 0 spiro atoms. The van der Waals surface area contributed by atoms with Gasteiger partial charge in [0, 0.05) is 24.4 Å². The van der Waals surface area contributed by atoms with Crippen molar-refractivity contribution in [2.45, 2.75) is 12.5 Å². The van der Waals surface area contributed by atoms with Gasteiger partial charge in [-0.2, -0.15) is 0 Å². The van der Waals surface area contributed by atoms with E-state index < -0.39 is 23.5 Å². The van der Waals surface area contributed by atoms with E-state index in [2.05, 4.69) is 11.3 Å². The largest absolute Gasteiger partial charge is 0.760 e. The summed E-state index contributed by atoms with van der Waals surface area (Å²) in [6.07, 6.45) is -0.0843. The van der Waals surface area contributed by atoms with Gasteiger partial charge in [-0.1, -0.05) is 6.08 Å². The number of nitrogens with zero attached hydrogens (tertiary/aromatic N) is 1. The van der Waals surface area contributed by atoms with Crippen LogP contribution in [0.25, 0.3) is 0 Å². The fraction of sp³-hybridized carbons (Fsp3) is 0.625. The second-order valence-electron chi connectivity index (χ2n) is 2.97. The lowest BCUT2D eigenvalue weighted by atomic mass is 10.3. The maximum absolute atomic E-state index is 10.7. The van der Waals surface area contributed by atoms with Gasteiger partial charge in [-0.15, -0.1) is 6.58 Å². The van der Waals surface area contributed by atoms with Crippen LogP contribution in [0.5, 0.6) is 0 Å². The second-order valence-corrected chi connectivity index (χ2v) is 3.92. The van der Waals surface area contributed by atoms with E-state index in [1.54, 1.807) is 6.08 Å². The first kappa shape index (κ1) is 15.0. The number of hydrogen-bond donors (Lipinski definition) is 2. The number of rotatable bonds is 8. The van der Waals surface area contributed by atoms with Crippen molar-refractivity contribution in [1.29, 1.82) is 0 Å². The lowest BCUT2D eigenvalue weighted by Gasteiger charge is -2.25. The molecule has 0 saturated carbocycles. The third kappa shape index (κ3) is 7.35. The van der Waals surface area contributed by atoms with E-state index in [1.807, 2.05) is 0 Å². The highest BCUT2D eigenvalue weighted by molar-refractivity contribution is 7.76. The molecule has 94 valence electrons. The van der Waals surface area contributed by atoms with Crippen molar-refractivity contribution < 1.29 is 23.4 Å². The number of primary amides is 1. The van der Waals surface area contributed by atoms with Crippen LogP contribution in [0.3, 0.4) is 0 Å². The summed E-state index contributed by atoms with van der Waals surface area (Å²) in [5.74, 6) is 0. The average Bonchev–Trinajstić information content (AvgIpc) is 2.20. The molecule has 0 bridgehead atoms. The smallest absolute Gasteiger partial charge is 0.404 e. The van der Waals surface area contributed by atoms with Crippen molar-refractivity contribution in [2.24, 2.45) is 5.73 Å². The van der Waals surface area contributed by atoms with Crippen LogP contribution < -0.4 is 5.73 Å². The van der Waals surface area contributed by atoms with Crippen molar-refractivity contribution >= 4 is 17.4 Å². The minimum Gasteiger partial charge on any atom is -0.760 e. The van der Waals surface area contributed by atoms with Crippen LogP contribution in [0.15, 0.2) is 12.7 Å². The number of carbonyl (C=O) groups is 1. The molecule has 8 heteroatoms. The van der Waals surface area contributed by atoms with Crippen LogP contribution in [-0.2, 0) is 16.0 Å². The molecule has 2 unspecified atom stereocenters. The quantitative estimate of drug-likeness (QED) is 0.429. The molecular formula is C8H15N2O5S-. The molecule has 0 saturated heterocycles. The number of amides is 1. The molecule has 0 aromatic heterocycles. The first-order chi connectivity index (χ1) is 7.47. The predicted molar refractivity (Wildman–Crippen MR) is 56.8 cm³/mol. The summed E-state index contributed by atoms with van der Waals surface area (Å²) in [4.78, 5) is 10.2. The first-order valence-corrected chi connectivity index (χ1v) is 5.56. The molecule has 0 rings (SSSR count). The molecule has 16 heavy (non-hydrogen) atoms. The number of ether oxygens (including phenoxy) is 1. The fourth-order valence-electron chi connectivity index (χ4n) is 0.928. The van der Waals surface area contributed by atoms with Gasteiger partial charge in [-0.3, -0.25) is 4.21 Å². The van der Waals surface area contributed by atoms with E-state index in [0.717, 1.165) is 4.31 Å². The maximum atomic E-state index is 10.7. The Hall–Kier alpha value is -0.960. The number of hydrogen-bond acceptors (Lipinski definition) is 5. The van der Waals surface area contributed by atoms with Crippen LogP contribution in [0.2, 0.25) is 0 Å². The molecule has 0 aliphatic carbocycles. The Kier molecular flexibility index (Phi) is 7.73. The average molecular weight is 251 g/mol. The standard InChI is InChI=1S/C8H16N2O5S/c1-2-3-4-10(16(13)14)5-7(11)6-15-8(9)12/h2,7,11H,1,3-6H2,(H2,9,12)(H,13,14)/p-1. The Morgan fingerprint density at radius 2 is 2.38 bits per heavy atom. The van der Waals surface area contributed by atoms with E-state index in [4.69, 9.17) is 5.73 Å². The van der Waals surface area contributed by atoms with Crippen molar-refractivity contribution in [3.05, 3.63) is 12.7 Å². The molecule has 0 aliphatic rings. The van der Waals surface area contributed by atoms with Gasteiger partial charge in [-0.25, -0.2) is 9.10 Å². The Bertz CT molecular complexity index is 261. The van der Waals surface area contributed by atoms with Crippen LogP contribution in [-0.4, -0.2) is 50.1 Å². The Labute approximate surface area is 96.3 Å². The van der Waals surface area contributed by atoms with E-state index in [-0.39, 0.29) is 19.7 Å². The molecule has 0 aromatic carbocycles. The third-order valence-corrected chi connectivity index (χ3v) is 2.38. The molecule has 1 amide bonds. The minimum atomic E-state index is -2.44. The zero-order valence-corrected chi connectivity index (χ0v) is 9.52. The molecule has 3 N–H and O–H groups in total. The van der Waals surface area contributed by atoms with Gasteiger partial charge in [0.2, 0.25) is 0 Å². The highest BCUT2D eigenvalue weighted by Gasteiger charge is 2.13. The lowest BCUT2D eigenvalue weighted by molar-refractivity contribution is 0.0614. The lowest BCUT2D eigenvalue weighted by Crippen LogP contribution is -2.37. The van der Waals surface area contributed by atoms with Gasteiger partial charge >= 0.3 is 6.09 Å². The summed E-state index contributed by atoms with van der Waals surface area (Å²) in [6, 6.07) is 0. The van der Waals surface area contributed by atoms with Gasteiger partial charge in [0.1, 0.15) is 12.7 Å². The van der Waals surface area contributed by atoms with Crippen molar-refractivity contribution in [2.75, 3.05) is 19.7 Å². The topological polar surface area (TPSA) is 116 Å². The van der Waals surface area contributed by atoms with E-state index in [1.165, 1.54) is 0 Å². The maximum Gasteiger partial charge on any atom is 0.404 e. The van der Waals surface area contributed by atoms with E-state index in [0.29, 0.717) is 6.42 Å². The zero-order chi connectivity index (χ0) is 12.6.